The molecule has 0 aliphatic carbocycles. The monoisotopic (exact) mass is 223 g/mol. The third-order valence-corrected chi connectivity index (χ3v) is 2.44. The van der Waals surface area contributed by atoms with Crippen LogP contribution in [-0.4, -0.2) is 22.1 Å². The first-order valence-electron chi connectivity index (χ1n) is 5.79. The second-order valence-corrected chi connectivity index (χ2v) is 3.73. The van der Waals surface area contributed by atoms with Gasteiger partial charge in [0.1, 0.15) is 12.0 Å². The van der Waals surface area contributed by atoms with Crippen molar-refractivity contribution in [1.82, 2.24) is 9.55 Å². The Morgan fingerprint density at radius 2 is 2.31 bits per heavy atom. The van der Waals surface area contributed by atoms with E-state index in [4.69, 9.17) is 4.74 Å². The first-order valence-corrected chi connectivity index (χ1v) is 5.79. The van der Waals surface area contributed by atoms with Crippen molar-refractivity contribution in [3.63, 3.8) is 0 Å². The standard InChI is InChI=1S/C12H19N2O2/c1-3-16-12(15)7-5-4-6-9-14-10-8-13-11(14)2/h10H,3-7,9H2,1-2H3. The molecule has 89 valence electrons. The second-order valence-electron chi connectivity index (χ2n) is 3.73. The largest absolute Gasteiger partial charge is 0.466 e. The summed E-state index contributed by atoms with van der Waals surface area (Å²) in [5, 5.41) is 0. The van der Waals surface area contributed by atoms with E-state index in [9.17, 15) is 4.79 Å². The van der Waals surface area contributed by atoms with Crippen LogP contribution in [0.4, 0.5) is 0 Å². The van der Waals surface area contributed by atoms with Crippen molar-refractivity contribution in [2.24, 2.45) is 0 Å². The normalized spacial score (nSPS) is 10.4. The molecular formula is C12H19N2O2. The second kappa shape index (κ2) is 7.04. The lowest BCUT2D eigenvalue weighted by molar-refractivity contribution is -0.143. The molecule has 0 aromatic carbocycles. The van der Waals surface area contributed by atoms with Crippen LogP contribution in [0.5, 0.6) is 0 Å². The summed E-state index contributed by atoms with van der Waals surface area (Å²) in [6.07, 6.45) is 8.20. The highest BCUT2D eigenvalue weighted by atomic mass is 16.5. The van der Waals surface area contributed by atoms with Gasteiger partial charge in [-0.05, 0) is 26.7 Å². The molecule has 0 atom stereocenters. The van der Waals surface area contributed by atoms with E-state index in [0.717, 1.165) is 31.6 Å². The zero-order valence-electron chi connectivity index (χ0n) is 10.0. The fraction of sp³-hybridized carbons (Fsp3) is 0.667. The summed E-state index contributed by atoms with van der Waals surface area (Å²) < 4.78 is 6.93. The van der Waals surface area contributed by atoms with Gasteiger partial charge in [-0.15, -0.1) is 0 Å². The van der Waals surface area contributed by atoms with Crippen molar-refractivity contribution in [2.45, 2.75) is 46.1 Å². The van der Waals surface area contributed by atoms with Crippen molar-refractivity contribution in [2.75, 3.05) is 6.61 Å². The molecule has 0 spiro atoms. The van der Waals surface area contributed by atoms with Crippen LogP contribution in [-0.2, 0) is 16.1 Å². The Kier molecular flexibility index (Phi) is 5.61. The Labute approximate surface area is 96.6 Å². The van der Waals surface area contributed by atoms with Crippen LogP contribution in [0.3, 0.4) is 0 Å². The molecule has 0 aliphatic heterocycles. The van der Waals surface area contributed by atoms with Crippen LogP contribution in [0.15, 0.2) is 6.20 Å². The first-order chi connectivity index (χ1) is 7.74. The Morgan fingerprint density at radius 3 is 2.94 bits per heavy atom. The lowest BCUT2D eigenvalue weighted by Crippen LogP contribution is -2.04. The fourth-order valence-electron chi connectivity index (χ4n) is 1.54. The summed E-state index contributed by atoms with van der Waals surface area (Å²) in [5.41, 5.74) is 0. The molecule has 0 saturated heterocycles. The molecule has 1 aromatic rings. The van der Waals surface area contributed by atoms with Gasteiger partial charge in [-0.25, -0.2) is 4.98 Å². The summed E-state index contributed by atoms with van der Waals surface area (Å²) in [4.78, 5) is 15.1. The van der Waals surface area contributed by atoms with Crippen molar-refractivity contribution in [3.8, 4) is 0 Å². The lowest BCUT2D eigenvalue weighted by atomic mass is 10.2. The Balaban J connectivity index is 2.04. The molecule has 0 fully saturated rings. The van der Waals surface area contributed by atoms with Crippen molar-refractivity contribution in [1.29, 1.82) is 0 Å². The predicted octanol–water partition coefficient (Wildman–Crippen LogP) is 2.12. The van der Waals surface area contributed by atoms with Gasteiger partial charge in [0.2, 0.25) is 0 Å². The van der Waals surface area contributed by atoms with E-state index < -0.39 is 0 Å². The minimum atomic E-state index is -0.0883. The fourth-order valence-corrected chi connectivity index (χ4v) is 1.54. The number of nitrogens with zero attached hydrogens (tertiary/aromatic N) is 2. The van der Waals surface area contributed by atoms with Gasteiger partial charge in [-0.1, -0.05) is 6.42 Å². The first kappa shape index (κ1) is 12.7. The van der Waals surface area contributed by atoms with Gasteiger partial charge < -0.3 is 9.30 Å². The molecule has 0 bridgehead atoms. The molecule has 0 amide bonds. The highest BCUT2D eigenvalue weighted by Crippen LogP contribution is 2.04. The molecule has 1 heterocycles. The summed E-state index contributed by atoms with van der Waals surface area (Å²) >= 11 is 0. The molecule has 1 radical (unpaired) electrons. The average molecular weight is 223 g/mol. The van der Waals surface area contributed by atoms with E-state index in [1.165, 1.54) is 0 Å². The molecule has 1 rings (SSSR count). The lowest BCUT2D eigenvalue weighted by Gasteiger charge is -2.04. The van der Waals surface area contributed by atoms with E-state index in [1.54, 1.807) is 0 Å². The van der Waals surface area contributed by atoms with E-state index in [1.807, 2.05) is 20.0 Å². The summed E-state index contributed by atoms with van der Waals surface area (Å²) in [7, 11) is 0. The van der Waals surface area contributed by atoms with Gasteiger partial charge >= 0.3 is 5.97 Å². The molecule has 0 unspecified atom stereocenters. The minimum Gasteiger partial charge on any atom is -0.466 e. The minimum absolute atomic E-state index is 0.0883. The smallest absolute Gasteiger partial charge is 0.305 e. The van der Waals surface area contributed by atoms with Crippen molar-refractivity contribution < 1.29 is 9.53 Å². The number of carbonyl (C=O) groups is 1. The van der Waals surface area contributed by atoms with Crippen LogP contribution < -0.4 is 0 Å². The van der Waals surface area contributed by atoms with Crippen molar-refractivity contribution >= 4 is 5.97 Å². The van der Waals surface area contributed by atoms with Crippen LogP contribution in [0.2, 0.25) is 0 Å². The van der Waals surface area contributed by atoms with Crippen LogP contribution in [0.25, 0.3) is 0 Å². The highest BCUT2D eigenvalue weighted by molar-refractivity contribution is 5.69. The van der Waals surface area contributed by atoms with Gasteiger partial charge in [0.25, 0.3) is 0 Å². The zero-order valence-corrected chi connectivity index (χ0v) is 10.0. The average Bonchev–Trinajstić information content (AvgIpc) is 2.64. The van der Waals surface area contributed by atoms with Gasteiger partial charge in [0.15, 0.2) is 0 Å². The molecular weight excluding hydrogens is 204 g/mol. The van der Waals surface area contributed by atoms with Gasteiger partial charge in [-0.2, -0.15) is 0 Å². The highest BCUT2D eigenvalue weighted by Gasteiger charge is 2.01. The predicted molar refractivity (Wildman–Crippen MR) is 60.9 cm³/mol. The van der Waals surface area contributed by atoms with Gasteiger partial charge in [0.05, 0.1) is 6.61 Å². The third kappa shape index (κ3) is 4.47. The number of carbonyl (C=O) groups excluding carboxylic acids is 1. The summed E-state index contributed by atoms with van der Waals surface area (Å²) in [6.45, 7) is 5.22. The maximum absolute atomic E-state index is 11.0. The maximum Gasteiger partial charge on any atom is 0.305 e. The molecule has 4 nitrogen and oxygen atoms in total. The van der Waals surface area contributed by atoms with Gasteiger partial charge in [0, 0.05) is 19.2 Å². The number of esters is 1. The van der Waals surface area contributed by atoms with Crippen molar-refractivity contribution in [3.05, 3.63) is 18.2 Å². The number of rotatable bonds is 7. The number of hydrogen-bond acceptors (Lipinski definition) is 3. The molecule has 16 heavy (non-hydrogen) atoms. The number of unbranched alkanes of at least 4 members (excludes halogenated alkanes) is 2. The van der Waals surface area contributed by atoms with Crippen LogP contribution in [0, 0.1) is 13.1 Å². The van der Waals surface area contributed by atoms with Crippen LogP contribution >= 0.6 is 0 Å². The number of aromatic nitrogens is 2. The van der Waals surface area contributed by atoms with E-state index in [-0.39, 0.29) is 5.97 Å². The number of ether oxygens (including phenoxy) is 1. The third-order valence-electron chi connectivity index (χ3n) is 2.44. The van der Waals surface area contributed by atoms with Crippen LogP contribution in [0.1, 0.15) is 38.4 Å². The Hall–Kier alpha value is -1.32. The topological polar surface area (TPSA) is 44.1 Å². The Morgan fingerprint density at radius 1 is 1.50 bits per heavy atom. The van der Waals surface area contributed by atoms with Gasteiger partial charge in [-0.3, -0.25) is 4.79 Å². The number of imidazole rings is 1. The molecule has 0 saturated carbocycles. The SMILES string of the molecule is CCOC(=O)CCCCCn1c[c]nc1C. The van der Waals surface area contributed by atoms with E-state index >= 15 is 0 Å². The maximum atomic E-state index is 11.0. The molecule has 0 N–H and O–H groups in total. The molecule has 1 aromatic heterocycles. The Bertz CT molecular complexity index is 321. The number of aryl methyl sites for hydroxylation is 2. The summed E-state index contributed by atoms with van der Waals surface area (Å²) in [6, 6.07) is 0. The number of hydrogen-bond donors (Lipinski definition) is 0. The molecule has 4 heteroatoms. The zero-order chi connectivity index (χ0) is 11.8. The van der Waals surface area contributed by atoms with E-state index in [2.05, 4.69) is 15.7 Å². The quantitative estimate of drug-likeness (QED) is 0.525. The van der Waals surface area contributed by atoms with E-state index in [0.29, 0.717) is 13.0 Å². The molecule has 0 aliphatic rings. The summed E-state index contributed by atoms with van der Waals surface area (Å²) in [5.74, 6) is 0.903.